The minimum atomic E-state index is -3.18. The third kappa shape index (κ3) is 6.94. The summed E-state index contributed by atoms with van der Waals surface area (Å²) in [5.74, 6) is -0.217. The summed E-state index contributed by atoms with van der Waals surface area (Å²) in [5.41, 5.74) is 5.09. The van der Waals surface area contributed by atoms with Crippen molar-refractivity contribution >= 4 is 9.84 Å². The second kappa shape index (κ2) is 6.31. The molecule has 0 aromatic rings. The Balaban J connectivity index is 3.81. The average molecular weight is 211 g/mol. The molecule has 1 unspecified atom stereocenters. The molecule has 0 amide bonds. The first-order valence-corrected chi connectivity index (χ1v) is 5.91. The van der Waals surface area contributed by atoms with Crippen LogP contribution in [-0.4, -0.2) is 51.4 Å². The predicted octanol–water partition coefficient (Wildman–Crippen LogP) is -1.24. The highest BCUT2D eigenvalue weighted by atomic mass is 32.2. The third-order valence-corrected chi connectivity index (χ3v) is 3.33. The zero-order valence-corrected chi connectivity index (χ0v) is 8.59. The van der Waals surface area contributed by atoms with Crippen molar-refractivity contribution < 1.29 is 18.3 Å². The van der Waals surface area contributed by atoms with E-state index in [0.717, 1.165) is 0 Å². The molecular weight excluding hydrogens is 194 g/mol. The van der Waals surface area contributed by atoms with Crippen molar-refractivity contribution in [2.24, 2.45) is 5.73 Å². The van der Waals surface area contributed by atoms with Crippen LogP contribution in [0.15, 0.2) is 0 Å². The molecule has 0 bridgehead atoms. The van der Waals surface area contributed by atoms with E-state index < -0.39 is 15.9 Å². The molecule has 6 heteroatoms. The van der Waals surface area contributed by atoms with Gasteiger partial charge in [0.1, 0.15) is 0 Å². The molecule has 1 atom stereocenters. The fourth-order valence-electron chi connectivity index (χ4n) is 0.868. The van der Waals surface area contributed by atoms with Crippen LogP contribution >= 0.6 is 0 Å². The molecule has 0 radical (unpaired) electrons. The Bertz CT molecular complexity index is 215. The van der Waals surface area contributed by atoms with Crippen molar-refractivity contribution in [3.05, 3.63) is 0 Å². The van der Waals surface area contributed by atoms with Crippen LogP contribution in [0, 0.1) is 0 Å². The van der Waals surface area contributed by atoms with E-state index in [9.17, 15) is 8.42 Å². The number of sulfone groups is 1. The van der Waals surface area contributed by atoms with Crippen LogP contribution in [-0.2, 0) is 14.6 Å². The van der Waals surface area contributed by atoms with Gasteiger partial charge in [-0.3, -0.25) is 0 Å². The van der Waals surface area contributed by atoms with E-state index in [2.05, 4.69) is 0 Å². The Labute approximate surface area is 78.8 Å². The molecule has 0 spiro atoms. The van der Waals surface area contributed by atoms with Gasteiger partial charge >= 0.3 is 0 Å². The van der Waals surface area contributed by atoms with E-state index >= 15 is 0 Å². The minimum Gasteiger partial charge on any atom is -0.391 e. The quantitative estimate of drug-likeness (QED) is 0.514. The molecule has 0 rings (SSSR count). The summed E-state index contributed by atoms with van der Waals surface area (Å²) in [6, 6.07) is 0. The molecule has 3 N–H and O–H groups in total. The number of ether oxygens (including phenoxy) is 1. The van der Waals surface area contributed by atoms with E-state index in [1.807, 2.05) is 0 Å². The van der Waals surface area contributed by atoms with Crippen molar-refractivity contribution in [2.45, 2.75) is 12.5 Å². The monoisotopic (exact) mass is 211 g/mol. The standard InChI is InChI=1S/C7H17NO4S/c1-12-3-2-4-13(10,11)6-7(9)5-8/h7,9H,2-6,8H2,1H3. The predicted molar refractivity (Wildman–Crippen MR) is 50.2 cm³/mol. The van der Waals surface area contributed by atoms with Crippen molar-refractivity contribution in [1.29, 1.82) is 0 Å². The zero-order chi connectivity index (χ0) is 10.3. The van der Waals surface area contributed by atoms with E-state index in [1.165, 1.54) is 7.11 Å². The number of aliphatic hydroxyl groups excluding tert-OH is 1. The first kappa shape index (κ1) is 12.8. The summed E-state index contributed by atoms with van der Waals surface area (Å²) in [6.07, 6.45) is -0.497. The molecule has 5 nitrogen and oxygen atoms in total. The molecule has 0 fully saturated rings. The minimum absolute atomic E-state index is 0.0243. The summed E-state index contributed by atoms with van der Waals surface area (Å²) < 4.78 is 27.1. The van der Waals surface area contributed by atoms with E-state index in [-0.39, 0.29) is 18.1 Å². The lowest BCUT2D eigenvalue weighted by Gasteiger charge is -2.08. The maximum Gasteiger partial charge on any atom is 0.152 e. The van der Waals surface area contributed by atoms with Gasteiger partial charge in [-0.15, -0.1) is 0 Å². The number of aliphatic hydroxyl groups is 1. The Morgan fingerprint density at radius 2 is 2.15 bits per heavy atom. The molecular formula is C7H17NO4S. The van der Waals surface area contributed by atoms with Gasteiger partial charge < -0.3 is 15.6 Å². The molecule has 0 saturated heterocycles. The SMILES string of the molecule is COCCCS(=O)(=O)CC(O)CN. The Morgan fingerprint density at radius 1 is 1.54 bits per heavy atom. The lowest BCUT2D eigenvalue weighted by molar-refractivity contribution is 0.198. The highest BCUT2D eigenvalue weighted by molar-refractivity contribution is 7.91. The summed E-state index contributed by atoms with van der Waals surface area (Å²) in [5, 5.41) is 9.01. The van der Waals surface area contributed by atoms with Crippen LogP contribution in [0.2, 0.25) is 0 Å². The van der Waals surface area contributed by atoms with Crippen molar-refractivity contribution in [3.8, 4) is 0 Å². The lowest BCUT2D eigenvalue weighted by Crippen LogP contribution is -2.29. The second-order valence-corrected chi connectivity index (χ2v) is 5.08. The molecule has 0 aliphatic carbocycles. The first-order chi connectivity index (χ1) is 6.02. The Morgan fingerprint density at radius 3 is 2.62 bits per heavy atom. The second-order valence-electron chi connectivity index (χ2n) is 2.85. The van der Waals surface area contributed by atoms with E-state index in [1.54, 1.807) is 0 Å². The van der Waals surface area contributed by atoms with Gasteiger partial charge in [-0.2, -0.15) is 0 Å². The van der Waals surface area contributed by atoms with Gasteiger partial charge in [0.2, 0.25) is 0 Å². The normalized spacial score (nSPS) is 14.4. The molecule has 0 aromatic carbocycles. The largest absolute Gasteiger partial charge is 0.391 e. The number of hydrogen-bond donors (Lipinski definition) is 2. The summed E-state index contributed by atoms with van der Waals surface area (Å²) in [6.45, 7) is 0.390. The van der Waals surface area contributed by atoms with Crippen LogP contribution < -0.4 is 5.73 Å². The molecule has 0 saturated carbocycles. The fraction of sp³-hybridized carbons (Fsp3) is 1.00. The lowest BCUT2D eigenvalue weighted by atomic mass is 10.4. The Hall–Kier alpha value is -0.170. The van der Waals surface area contributed by atoms with Gasteiger partial charge in [-0.05, 0) is 6.42 Å². The van der Waals surface area contributed by atoms with Crippen LogP contribution in [0.3, 0.4) is 0 Å². The molecule has 0 aromatic heterocycles. The van der Waals surface area contributed by atoms with E-state index in [0.29, 0.717) is 13.0 Å². The number of nitrogens with two attached hydrogens (primary N) is 1. The highest BCUT2D eigenvalue weighted by Gasteiger charge is 2.15. The fourth-order valence-corrected chi connectivity index (χ4v) is 2.31. The van der Waals surface area contributed by atoms with Crippen LogP contribution in [0.4, 0.5) is 0 Å². The van der Waals surface area contributed by atoms with Gasteiger partial charge in [-0.1, -0.05) is 0 Å². The van der Waals surface area contributed by atoms with Crippen LogP contribution in [0.25, 0.3) is 0 Å². The molecule has 0 heterocycles. The maximum absolute atomic E-state index is 11.2. The molecule has 80 valence electrons. The summed E-state index contributed by atoms with van der Waals surface area (Å²) in [7, 11) is -1.66. The highest BCUT2D eigenvalue weighted by Crippen LogP contribution is 1.97. The molecule has 0 aliphatic rings. The topological polar surface area (TPSA) is 89.6 Å². The van der Waals surface area contributed by atoms with Crippen LogP contribution in [0.1, 0.15) is 6.42 Å². The number of hydrogen-bond acceptors (Lipinski definition) is 5. The zero-order valence-electron chi connectivity index (χ0n) is 7.77. The summed E-state index contributed by atoms with van der Waals surface area (Å²) >= 11 is 0. The van der Waals surface area contributed by atoms with Gasteiger partial charge in [0.15, 0.2) is 9.84 Å². The first-order valence-electron chi connectivity index (χ1n) is 4.09. The van der Waals surface area contributed by atoms with Crippen molar-refractivity contribution in [1.82, 2.24) is 0 Å². The smallest absolute Gasteiger partial charge is 0.152 e. The van der Waals surface area contributed by atoms with Crippen LogP contribution in [0.5, 0.6) is 0 Å². The number of rotatable bonds is 7. The summed E-state index contributed by atoms with van der Waals surface area (Å²) in [4.78, 5) is 0. The van der Waals surface area contributed by atoms with Gasteiger partial charge in [0.05, 0.1) is 17.6 Å². The maximum atomic E-state index is 11.2. The van der Waals surface area contributed by atoms with E-state index in [4.69, 9.17) is 15.6 Å². The number of methoxy groups -OCH3 is 1. The van der Waals surface area contributed by atoms with Gasteiger partial charge in [0.25, 0.3) is 0 Å². The van der Waals surface area contributed by atoms with Crippen molar-refractivity contribution in [2.75, 3.05) is 31.8 Å². The molecule has 0 aliphatic heterocycles. The van der Waals surface area contributed by atoms with Gasteiger partial charge in [-0.25, -0.2) is 8.42 Å². The molecule has 13 heavy (non-hydrogen) atoms. The average Bonchev–Trinajstić information content (AvgIpc) is 2.03. The Kier molecular flexibility index (Phi) is 6.23. The van der Waals surface area contributed by atoms with Gasteiger partial charge in [0, 0.05) is 20.3 Å². The third-order valence-electron chi connectivity index (χ3n) is 1.52. The van der Waals surface area contributed by atoms with Crippen molar-refractivity contribution in [3.63, 3.8) is 0 Å².